The lowest BCUT2D eigenvalue weighted by atomic mass is 9.93. The van der Waals surface area contributed by atoms with Gasteiger partial charge in [-0.1, -0.05) is 19.4 Å². The van der Waals surface area contributed by atoms with Crippen LogP contribution in [-0.4, -0.2) is 28.7 Å². The minimum absolute atomic E-state index is 0.130. The first kappa shape index (κ1) is 15.1. The molecule has 104 valence electrons. The summed E-state index contributed by atoms with van der Waals surface area (Å²) in [7, 11) is 0. The van der Waals surface area contributed by atoms with E-state index in [1.807, 2.05) is 31.7 Å². The largest absolute Gasteiger partial charge is 0.444 e. The van der Waals surface area contributed by atoms with Crippen LogP contribution in [-0.2, 0) is 4.74 Å². The number of likely N-dealkylation sites (tertiary alicyclic amines) is 1. The first-order chi connectivity index (χ1) is 8.39. The van der Waals surface area contributed by atoms with Gasteiger partial charge in [-0.3, -0.25) is 4.90 Å². The second-order valence-electron chi connectivity index (χ2n) is 6.06. The standard InChI is InChI=1S/C15H27NO2/c1-6-9-13-11-8-10-12(7-2)16(13)14(17)18-15(3,4)5/h7,12-13H,2,6,8-11H2,1,3-5H3/t12-,13+/m0/s1. The second-order valence-corrected chi connectivity index (χ2v) is 6.06. The molecule has 18 heavy (non-hydrogen) atoms. The summed E-state index contributed by atoms with van der Waals surface area (Å²) in [5.74, 6) is 0. The molecule has 1 amide bonds. The van der Waals surface area contributed by atoms with Crippen LogP contribution in [0.25, 0.3) is 0 Å². The summed E-state index contributed by atoms with van der Waals surface area (Å²) >= 11 is 0. The maximum atomic E-state index is 12.3. The van der Waals surface area contributed by atoms with Crippen LogP contribution in [0, 0.1) is 0 Å². The van der Waals surface area contributed by atoms with Crippen molar-refractivity contribution in [2.75, 3.05) is 0 Å². The molecule has 0 aromatic rings. The molecular formula is C15H27NO2. The van der Waals surface area contributed by atoms with Gasteiger partial charge in [-0.05, 0) is 46.5 Å². The Labute approximate surface area is 111 Å². The molecule has 3 nitrogen and oxygen atoms in total. The maximum absolute atomic E-state index is 12.3. The molecule has 0 aromatic carbocycles. The third kappa shape index (κ3) is 4.04. The van der Waals surface area contributed by atoms with Crippen LogP contribution in [0.4, 0.5) is 4.79 Å². The first-order valence-electron chi connectivity index (χ1n) is 7.03. The fourth-order valence-corrected chi connectivity index (χ4v) is 2.56. The number of rotatable bonds is 3. The smallest absolute Gasteiger partial charge is 0.411 e. The van der Waals surface area contributed by atoms with Gasteiger partial charge < -0.3 is 4.74 Å². The molecule has 0 radical (unpaired) electrons. The van der Waals surface area contributed by atoms with Crippen molar-refractivity contribution in [3.63, 3.8) is 0 Å². The molecule has 0 spiro atoms. The minimum Gasteiger partial charge on any atom is -0.444 e. The molecule has 0 unspecified atom stereocenters. The number of amides is 1. The van der Waals surface area contributed by atoms with Gasteiger partial charge in [0.2, 0.25) is 0 Å². The van der Waals surface area contributed by atoms with E-state index in [9.17, 15) is 4.79 Å². The van der Waals surface area contributed by atoms with E-state index in [4.69, 9.17) is 4.74 Å². The van der Waals surface area contributed by atoms with Crippen molar-refractivity contribution in [3.8, 4) is 0 Å². The Kier molecular flexibility index (Phi) is 5.24. The van der Waals surface area contributed by atoms with E-state index in [0.29, 0.717) is 6.04 Å². The van der Waals surface area contributed by atoms with Gasteiger partial charge in [-0.25, -0.2) is 4.79 Å². The zero-order chi connectivity index (χ0) is 13.8. The number of ether oxygens (including phenoxy) is 1. The Hall–Kier alpha value is -0.990. The van der Waals surface area contributed by atoms with Crippen LogP contribution in [0.1, 0.15) is 59.8 Å². The van der Waals surface area contributed by atoms with Gasteiger partial charge in [0.15, 0.2) is 0 Å². The SMILES string of the molecule is C=C[C@H]1CCC[C@@H](CCC)N1C(=O)OC(C)(C)C. The summed E-state index contributed by atoms with van der Waals surface area (Å²) in [5, 5.41) is 0. The highest BCUT2D eigenvalue weighted by Gasteiger charge is 2.34. The number of carbonyl (C=O) groups excluding carboxylic acids is 1. The van der Waals surface area contributed by atoms with Crippen molar-refractivity contribution in [1.82, 2.24) is 4.90 Å². The predicted octanol–water partition coefficient (Wildman–Crippen LogP) is 4.13. The van der Waals surface area contributed by atoms with Crippen molar-refractivity contribution in [2.45, 2.75) is 77.5 Å². The van der Waals surface area contributed by atoms with E-state index in [0.717, 1.165) is 25.7 Å². The van der Waals surface area contributed by atoms with Crippen molar-refractivity contribution in [1.29, 1.82) is 0 Å². The monoisotopic (exact) mass is 253 g/mol. The third-order valence-electron chi connectivity index (χ3n) is 3.29. The highest BCUT2D eigenvalue weighted by atomic mass is 16.6. The molecule has 0 aliphatic carbocycles. The van der Waals surface area contributed by atoms with E-state index in [2.05, 4.69) is 13.5 Å². The van der Waals surface area contributed by atoms with Gasteiger partial charge in [0.25, 0.3) is 0 Å². The number of nitrogens with zero attached hydrogens (tertiary/aromatic N) is 1. The number of hydrogen-bond donors (Lipinski definition) is 0. The summed E-state index contributed by atoms with van der Waals surface area (Å²) in [6.07, 6.45) is 7.08. The molecule has 1 aliphatic heterocycles. The summed E-state index contributed by atoms with van der Waals surface area (Å²) in [6.45, 7) is 11.7. The summed E-state index contributed by atoms with van der Waals surface area (Å²) < 4.78 is 5.53. The Morgan fingerprint density at radius 2 is 2.11 bits per heavy atom. The third-order valence-corrected chi connectivity index (χ3v) is 3.29. The van der Waals surface area contributed by atoms with Crippen LogP contribution >= 0.6 is 0 Å². The lowest BCUT2D eigenvalue weighted by Gasteiger charge is -2.41. The number of hydrogen-bond acceptors (Lipinski definition) is 2. The molecule has 1 aliphatic rings. The van der Waals surface area contributed by atoms with Gasteiger partial charge in [-0.2, -0.15) is 0 Å². The fraction of sp³-hybridized carbons (Fsp3) is 0.800. The molecule has 1 heterocycles. The van der Waals surface area contributed by atoms with Crippen LogP contribution < -0.4 is 0 Å². The highest BCUT2D eigenvalue weighted by Crippen LogP contribution is 2.28. The van der Waals surface area contributed by atoms with E-state index in [1.54, 1.807) is 0 Å². The van der Waals surface area contributed by atoms with E-state index in [1.165, 1.54) is 6.42 Å². The van der Waals surface area contributed by atoms with E-state index < -0.39 is 5.60 Å². The summed E-state index contributed by atoms with van der Waals surface area (Å²) in [5.41, 5.74) is -0.434. The Morgan fingerprint density at radius 3 is 2.61 bits per heavy atom. The quantitative estimate of drug-likeness (QED) is 0.708. The Morgan fingerprint density at radius 1 is 1.44 bits per heavy atom. The van der Waals surface area contributed by atoms with Gasteiger partial charge >= 0.3 is 6.09 Å². The van der Waals surface area contributed by atoms with Crippen molar-refractivity contribution in [2.24, 2.45) is 0 Å². The topological polar surface area (TPSA) is 29.5 Å². The van der Waals surface area contributed by atoms with Gasteiger partial charge in [0.05, 0.1) is 6.04 Å². The van der Waals surface area contributed by atoms with Gasteiger partial charge in [0, 0.05) is 6.04 Å². The molecule has 3 heteroatoms. The zero-order valence-corrected chi connectivity index (χ0v) is 12.2. The highest BCUT2D eigenvalue weighted by molar-refractivity contribution is 5.69. The van der Waals surface area contributed by atoms with Crippen molar-refractivity contribution >= 4 is 6.09 Å². The molecule has 1 rings (SSSR count). The normalized spacial score (nSPS) is 24.8. The minimum atomic E-state index is -0.434. The van der Waals surface area contributed by atoms with Crippen LogP contribution in [0.2, 0.25) is 0 Å². The average molecular weight is 253 g/mol. The van der Waals surface area contributed by atoms with Crippen LogP contribution in [0.15, 0.2) is 12.7 Å². The number of carbonyl (C=O) groups is 1. The van der Waals surface area contributed by atoms with E-state index in [-0.39, 0.29) is 12.1 Å². The van der Waals surface area contributed by atoms with Crippen LogP contribution in [0.3, 0.4) is 0 Å². The van der Waals surface area contributed by atoms with Gasteiger partial charge in [-0.15, -0.1) is 6.58 Å². The van der Waals surface area contributed by atoms with Crippen LogP contribution in [0.5, 0.6) is 0 Å². The summed E-state index contributed by atoms with van der Waals surface area (Å²) in [6, 6.07) is 0.437. The van der Waals surface area contributed by atoms with Gasteiger partial charge in [0.1, 0.15) is 5.60 Å². The lowest BCUT2D eigenvalue weighted by molar-refractivity contribution is -0.000135. The van der Waals surface area contributed by atoms with Crippen molar-refractivity contribution in [3.05, 3.63) is 12.7 Å². The predicted molar refractivity (Wildman–Crippen MR) is 74.6 cm³/mol. The van der Waals surface area contributed by atoms with E-state index >= 15 is 0 Å². The number of piperidine rings is 1. The fourth-order valence-electron chi connectivity index (χ4n) is 2.56. The molecule has 0 N–H and O–H groups in total. The second kappa shape index (κ2) is 6.26. The Balaban J connectivity index is 2.81. The first-order valence-corrected chi connectivity index (χ1v) is 7.03. The Bertz CT molecular complexity index is 291. The molecule has 0 aromatic heterocycles. The molecule has 0 saturated carbocycles. The lowest BCUT2D eigenvalue weighted by Crippen LogP contribution is -2.50. The van der Waals surface area contributed by atoms with Crippen molar-refractivity contribution < 1.29 is 9.53 Å². The molecular weight excluding hydrogens is 226 g/mol. The molecule has 2 atom stereocenters. The summed E-state index contributed by atoms with van der Waals surface area (Å²) in [4.78, 5) is 14.2. The maximum Gasteiger partial charge on any atom is 0.411 e. The average Bonchev–Trinajstić information content (AvgIpc) is 2.26. The molecule has 1 fully saturated rings. The molecule has 0 bridgehead atoms. The zero-order valence-electron chi connectivity index (χ0n) is 12.2. The molecule has 1 saturated heterocycles.